The highest BCUT2D eigenvalue weighted by Crippen LogP contribution is 2.18. The Morgan fingerprint density at radius 3 is 2.21 bits per heavy atom. The standard InChI is InChI=1S/C21H23N3O4S/c1-28-21(25)19-6-2-17(3-7-19)10-11-23-12-14-24(15-13-23)29(26,27)20-8-4-18(16-22)5-9-20/h2-9H,10-15H2,1H3. The van der Waals surface area contributed by atoms with Crippen LogP contribution in [0.3, 0.4) is 0 Å². The van der Waals surface area contributed by atoms with Crippen LogP contribution in [0.2, 0.25) is 0 Å². The Balaban J connectivity index is 1.52. The van der Waals surface area contributed by atoms with Gasteiger partial charge in [-0.1, -0.05) is 12.1 Å². The van der Waals surface area contributed by atoms with Crippen molar-refractivity contribution in [3.8, 4) is 6.07 Å². The zero-order valence-corrected chi connectivity index (χ0v) is 17.1. The number of hydrogen-bond donors (Lipinski definition) is 0. The van der Waals surface area contributed by atoms with Gasteiger partial charge in [0.05, 0.1) is 29.2 Å². The topological polar surface area (TPSA) is 90.7 Å². The van der Waals surface area contributed by atoms with Gasteiger partial charge in [-0.2, -0.15) is 9.57 Å². The number of nitriles is 1. The maximum Gasteiger partial charge on any atom is 0.337 e. The van der Waals surface area contributed by atoms with Gasteiger partial charge in [-0.25, -0.2) is 13.2 Å². The minimum atomic E-state index is -3.54. The van der Waals surface area contributed by atoms with Gasteiger partial charge in [0, 0.05) is 32.7 Å². The molecule has 0 radical (unpaired) electrons. The molecule has 2 aromatic carbocycles. The molecule has 0 aliphatic carbocycles. The molecule has 0 atom stereocenters. The highest BCUT2D eigenvalue weighted by molar-refractivity contribution is 7.89. The summed E-state index contributed by atoms with van der Waals surface area (Å²) < 4.78 is 31.7. The molecule has 1 fully saturated rings. The Kier molecular flexibility index (Phi) is 6.64. The first kappa shape index (κ1) is 21.0. The molecule has 1 aliphatic heterocycles. The molecule has 7 nitrogen and oxygen atoms in total. The number of methoxy groups -OCH3 is 1. The van der Waals surface area contributed by atoms with Crippen LogP contribution in [-0.2, 0) is 21.2 Å². The molecule has 0 unspecified atom stereocenters. The lowest BCUT2D eigenvalue weighted by molar-refractivity contribution is 0.0600. The molecule has 0 bridgehead atoms. The number of rotatable bonds is 6. The first-order valence-corrected chi connectivity index (χ1v) is 10.8. The molecule has 0 aromatic heterocycles. The third kappa shape index (κ3) is 5.01. The van der Waals surface area contributed by atoms with Crippen LogP contribution in [0.4, 0.5) is 0 Å². The van der Waals surface area contributed by atoms with E-state index >= 15 is 0 Å². The van der Waals surface area contributed by atoms with E-state index in [1.54, 1.807) is 12.1 Å². The summed E-state index contributed by atoms with van der Waals surface area (Å²) in [5.74, 6) is -0.351. The molecule has 3 rings (SSSR count). The van der Waals surface area contributed by atoms with Crippen LogP contribution in [0.1, 0.15) is 21.5 Å². The minimum absolute atomic E-state index is 0.218. The highest BCUT2D eigenvalue weighted by Gasteiger charge is 2.28. The summed E-state index contributed by atoms with van der Waals surface area (Å²) >= 11 is 0. The van der Waals surface area contributed by atoms with E-state index in [0.29, 0.717) is 37.3 Å². The lowest BCUT2D eigenvalue weighted by Gasteiger charge is -2.34. The number of ether oxygens (including phenoxy) is 1. The maximum absolute atomic E-state index is 12.8. The molecular weight excluding hydrogens is 390 g/mol. The predicted octanol–water partition coefficient (Wildman–Crippen LogP) is 1.89. The monoisotopic (exact) mass is 413 g/mol. The molecule has 0 saturated carbocycles. The fraction of sp³-hybridized carbons (Fsp3) is 0.333. The van der Waals surface area contributed by atoms with E-state index in [1.807, 2.05) is 18.2 Å². The van der Waals surface area contributed by atoms with Crippen molar-refractivity contribution in [2.75, 3.05) is 39.8 Å². The third-order valence-electron chi connectivity index (χ3n) is 5.04. The quantitative estimate of drug-likeness (QED) is 0.672. The molecule has 8 heteroatoms. The molecule has 152 valence electrons. The smallest absolute Gasteiger partial charge is 0.337 e. The van der Waals surface area contributed by atoms with E-state index in [0.717, 1.165) is 18.5 Å². The van der Waals surface area contributed by atoms with Crippen molar-refractivity contribution < 1.29 is 17.9 Å². The number of hydrogen-bond acceptors (Lipinski definition) is 6. The van der Waals surface area contributed by atoms with Crippen molar-refractivity contribution in [3.63, 3.8) is 0 Å². The number of carbonyl (C=O) groups excluding carboxylic acids is 1. The number of sulfonamides is 1. The minimum Gasteiger partial charge on any atom is -0.465 e. The average Bonchev–Trinajstić information content (AvgIpc) is 2.77. The normalized spacial score (nSPS) is 15.6. The fourth-order valence-corrected chi connectivity index (χ4v) is 4.68. The van der Waals surface area contributed by atoms with Gasteiger partial charge in [0.1, 0.15) is 0 Å². The Labute approximate surface area is 171 Å². The van der Waals surface area contributed by atoms with Gasteiger partial charge in [0.15, 0.2) is 0 Å². The molecule has 2 aromatic rings. The van der Waals surface area contributed by atoms with Crippen LogP contribution < -0.4 is 0 Å². The first-order chi connectivity index (χ1) is 13.9. The Hall–Kier alpha value is -2.73. The third-order valence-corrected chi connectivity index (χ3v) is 6.96. The molecule has 0 N–H and O–H groups in total. The van der Waals surface area contributed by atoms with Gasteiger partial charge < -0.3 is 9.64 Å². The van der Waals surface area contributed by atoms with Crippen molar-refractivity contribution in [1.29, 1.82) is 5.26 Å². The van der Waals surface area contributed by atoms with E-state index in [2.05, 4.69) is 4.90 Å². The van der Waals surface area contributed by atoms with Crippen LogP contribution in [-0.4, -0.2) is 63.4 Å². The zero-order chi connectivity index (χ0) is 20.9. The van der Waals surface area contributed by atoms with Gasteiger partial charge in [0.2, 0.25) is 10.0 Å². The summed E-state index contributed by atoms with van der Waals surface area (Å²) in [4.78, 5) is 13.9. The number of nitrogens with zero attached hydrogens (tertiary/aromatic N) is 3. The maximum atomic E-state index is 12.8. The van der Waals surface area contributed by atoms with Crippen molar-refractivity contribution >= 4 is 16.0 Å². The van der Waals surface area contributed by atoms with E-state index in [1.165, 1.54) is 35.7 Å². The SMILES string of the molecule is COC(=O)c1ccc(CCN2CCN(S(=O)(=O)c3ccc(C#N)cc3)CC2)cc1. The summed E-state index contributed by atoms with van der Waals surface area (Å²) in [7, 11) is -2.18. The molecule has 1 saturated heterocycles. The van der Waals surface area contributed by atoms with Gasteiger partial charge >= 0.3 is 5.97 Å². The van der Waals surface area contributed by atoms with Gasteiger partial charge in [-0.3, -0.25) is 0 Å². The predicted molar refractivity (Wildman–Crippen MR) is 108 cm³/mol. The summed E-state index contributed by atoms with van der Waals surface area (Å²) in [5, 5.41) is 8.86. The van der Waals surface area contributed by atoms with Crippen LogP contribution >= 0.6 is 0 Å². The van der Waals surface area contributed by atoms with Crippen molar-refractivity contribution in [1.82, 2.24) is 9.21 Å². The second kappa shape index (κ2) is 9.18. The molecular formula is C21H23N3O4S. The van der Waals surface area contributed by atoms with Crippen molar-refractivity contribution in [3.05, 3.63) is 65.2 Å². The van der Waals surface area contributed by atoms with E-state index < -0.39 is 10.0 Å². The van der Waals surface area contributed by atoms with Crippen LogP contribution in [0.15, 0.2) is 53.4 Å². The molecule has 0 amide bonds. The van der Waals surface area contributed by atoms with Crippen molar-refractivity contribution in [2.45, 2.75) is 11.3 Å². The highest BCUT2D eigenvalue weighted by atomic mass is 32.2. The molecule has 29 heavy (non-hydrogen) atoms. The molecule has 0 spiro atoms. The van der Waals surface area contributed by atoms with Crippen molar-refractivity contribution in [2.24, 2.45) is 0 Å². The second-order valence-corrected chi connectivity index (χ2v) is 8.76. The van der Waals surface area contributed by atoms with Gasteiger partial charge in [-0.05, 0) is 48.4 Å². The number of piperazine rings is 1. The molecule has 1 aliphatic rings. The van der Waals surface area contributed by atoms with E-state index in [4.69, 9.17) is 10.00 Å². The Morgan fingerprint density at radius 2 is 1.66 bits per heavy atom. The van der Waals surface area contributed by atoms with Crippen LogP contribution in [0.25, 0.3) is 0 Å². The largest absolute Gasteiger partial charge is 0.465 e. The zero-order valence-electron chi connectivity index (χ0n) is 16.2. The van der Waals surface area contributed by atoms with E-state index in [9.17, 15) is 13.2 Å². The summed E-state index contributed by atoms with van der Waals surface area (Å²) in [6, 6.07) is 15.3. The fourth-order valence-electron chi connectivity index (χ4n) is 3.26. The van der Waals surface area contributed by atoms with E-state index in [-0.39, 0.29) is 10.9 Å². The van der Waals surface area contributed by atoms with Crippen LogP contribution in [0, 0.1) is 11.3 Å². The first-order valence-electron chi connectivity index (χ1n) is 9.34. The lowest BCUT2D eigenvalue weighted by Crippen LogP contribution is -2.48. The second-order valence-electron chi connectivity index (χ2n) is 6.82. The number of esters is 1. The summed E-state index contributed by atoms with van der Waals surface area (Å²) in [6.07, 6.45) is 0.823. The number of carbonyl (C=O) groups is 1. The molecule has 1 heterocycles. The Bertz CT molecular complexity index is 988. The van der Waals surface area contributed by atoms with Crippen LogP contribution in [0.5, 0.6) is 0 Å². The summed E-state index contributed by atoms with van der Waals surface area (Å²) in [5.41, 5.74) is 2.08. The summed E-state index contributed by atoms with van der Waals surface area (Å²) in [6.45, 7) is 3.01. The van der Waals surface area contributed by atoms with Gasteiger partial charge in [0.25, 0.3) is 0 Å². The Morgan fingerprint density at radius 1 is 1.03 bits per heavy atom. The number of benzene rings is 2. The average molecular weight is 413 g/mol. The van der Waals surface area contributed by atoms with Gasteiger partial charge in [-0.15, -0.1) is 0 Å². The lowest BCUT2D eigenvalue weighted by atomic mass is 10.1.